The van der Waals surface area contributed by atoms with Gasteiger partial charge < -0.3 is 14.4 Å². The Hall–Kier alpha value is -3.63. The molecule has 0 unspecified atom stereocenters. The van der Waals surface area contributed by atoms with Gasteiger partial charge in [-0.25, -0.2) is 0 Å². The molecular weight excluding hydrogens is 725 g/mol. The average Bonchev–Trinajstić information content (AvgIpc) is 3.54. The molecule has 43 heavy (non-hydrogen) atoms. The molecule has 219 valence electrons. The average molecular weight is 761 g/mol. The normalized spacial score (nSPS) is 12.4. The van der Waals surface area contributed by atoms with Gasteiger partial charge in [0, 0.05) is 45.5 Å². The van der Waals surface area contributed by atoms with Crippen molar-refractivity contribution in [3.63, 3.8) is 0 Å². The molecule has 0 fully saturated rings. The Balaban J connectivity index is 0.000000240. The van der Waals surface area contributed by atoms with Crippen molar-refractivity contribution in [3.05, 3.63) is 119 Å². The van der Waals surface area contributed by atoms with Gasteiger partial charge in [0.25, 0.3) is 0 Å². The van der Waals surface area contributed by atoms with E-state index in [0.29, 0.717) is 11.3 Å². The maximum absolute atomic E-state index is 8.65. The van der Waals surface area contributed by atoms with E-state index in [1.54, 1.807) is 23.6 Å². The van der Waals surface area contributed by atoms with Gasteiger partial charge in [0.1, 0.15) is 5.58 Å². The molecule has 3 nitrogen and oxygen atoms in total. The summed E-state index contributed by atoms with van der Waals surface area (Å²) in [7, 11) is 0. The van der Waals surface area contributed by atoms with E-state index in [1.165, 1.54) is 26.1 Å². The molecule has 0 atom stereocenters. The van der Waals surface area contributed by atoms with Crippen molar-refractivity contribution in [1.29, 1.82) is 0 Å². The number of rotatable bonds is 3. The van der Waals surface area contributed by atoms with Crippen LogP contribution in [0.25, 0.3) is 54.5 Å². The Kier molecular flexibility index (Phi) is 8.21. The summed E-state index contributed by atoms with van der Waals surface area (Å²) >= 11 is 1.76. The molecule has 4 aromatic heterocycles. The van der Waals surface area contributed by atoms with Crippen LogP contribution in [0.5, 0.6) is 0 Å². The quantitative estimate of drug-likeness (QED) is 0.168. The summed E-state index contributed by atoms with van der Waals surface area (Å²) in [5, 5.41) is 3.35. The van der Waals surface area contributed by atoms with E-state index in [2.05, 4.69) is 54.1 Å². The third-order valence-electron chi connectivity index (χ3n) is 7.17. The molecular formula is C38H34IrN2OS-2. The van der Waals surface area contributed by atoms with Crippen molar-refractivity contribution in [1.82, 2.24) is 9.97 Å². The van der Waals surface area contributed by atoms with Gasteiger partial charge in [-0.15, -0.1) is 65.4 Å². The molecule has 0 bridgehead atoms. The molecule has 0 N–H and O–H groups in total. The molecule has 0 spiro atoms. The van der Waals surface area contributed by atoms with E-state index >= 15 is 0 Å². The van der Waals surface area contributed by atoms with Crippen molar-refractivity contribution < 1.29 is 27.3 Å². The van der Waals surface area contributed by atoms with Crippen LogP contribution in [0, 0.1) is 38.3 Å². The molecule has 7 aromatic rings. The van der Waals surface area contributed by atoms with Crippen LogP contribution in [0.15, 0.2) is 89.6 Å². The number of hydrogen-bond acceptors (Lipinski definition) is 4. The van der Waals surface area contributed by atoms with Crippen molar-refractivity contribution >= 4 is 43.4 Å². The smallest absolute Gasteiger partial charge is 0.138 e. The molecule has 7 rings (SSSR count). The maximum Gasteiger partial charge on any atom is 0.138 e. The Labute approximate surface area is 274 Å². The number of hydrogen-bond donors (Lipinski definition) is 0. The third kappa shape index (κ3) is 6.50. The number of nitrogens with zero attached hydrogens (tertiary/aromatic N) is 2. The second kappa shape index (κ2) is 12.5. The standard InChI is InChI=1S/C26H24NOS.C12H10N.Ir/c1-15-16(2)29-25-18(15)9-10-20-19-7-6-8-21(23(19)28-24(20)25)22-13-17(11-12-27-22)14-26(3,4)5;1-10-7-8-12(13-9-10)11-5-3-2-4-6-11;/h6-7,9-13H,14H2,1-5H3;2-5,7-9H,1H3;/q2*-1;/i14D2;;. The summed E-state index contributed by atoms with van der Waals surface area (Å²) < 4.78 is 24.9. The second-order valence-corrected chi connectivity index (χ2v) is 12.8. The van der Waals surface area contributed by atoms with Crippen LogP contribution in [0.4, 0.5) is 0 Å². The Morgan fingerprint density at radius 3 is 2.35 bits per heavy atom. The Morgan fingerprint density at radius 1 is 0.837 bits per heavy atom. The minimum atomic E-state index is -1.50. The molecule has 0 aliphatic carbocycles. The summed E-state index contributed by atoms with van der Waals surface area (Å²) in [6.45, 7) is 12.1. The van der Waals surface area contributed by atoms with Gasteiger partial charge in [-0.2, -0.15) is 0 Å². The van der Waals surface area contributed by atoms with Gasteiger partial charge in [-0.3, -0.25) is 0 Å². The predicted molar refractivity (Wildman–Crippen MR) is 177 cm³/mol. The van der Waals surface area contributed by atoms with E-state index in [0.717, 1.165) is 38.8 Å². The number of fused-ring (bicyclic) bond motifs is 5. The minimum absolute atomic E-state index is 0. The van der Waals surface area contributed by atoms with Crippen LogP contribution >= 0.6 is 11.3 Å². The van der Waals surface area contributed by atoms with Crippen molar-refractivity contribution in [2.24, 2.45) is 5.41 Å². The van der Waals surface area contributed by atoms with E-state index in [4.69, 9.17) is 7.16 Å². The van der Waals surface area contributed by atoms with Gasteiger partial charge in [-0.1, -0.05) is 67.6 Å². The van der Waals surface area contributed by atoms with Gasteiger partial charge in [0.2, 0.25) is 0 Å². The van der Waals surface area contributed by atoms with Crippen molar-refractivity contribution in [2.75, 3.05) is 0 Å². The monoisotopic (exact) mass is 761 g/mol. The first-order valence-electron chi connectivity index (χ1n) is 15.1. The fourth-order valence-electron chi connectivity index (χ4n) is 5.04. The summed E-state index contributed by atoms with van der Waals surface area (Å²) in [6.07, 6.45) is 2.05. The van der Waals surface area contributed by atoms with Crippen LogP contribution in [0.3, 0.4) is 0 Å². The zero-order valence-corrected chi connectivity index (χ0v) is 28.3. The first-order chi connectivity index (χ1) is 21.0. The third-order valence-corrected chi connectivity index (χ3v) is 8.40. The molecule has 0 aliphatic heterocycles. The van der Waals surface area contributed by atoms with Gasteiger partial charge in [0.05, 0.1) is 10.3 Å². The molecule has 0 saturated heterocycles. The molecule has 0 saturated carbocycles. The predicted octanol–water partition coefficient (Wildman–Crippen LogP) is 10.7. The minimum Gasteiger partial charge on any atom is -0.499 e. The molecule has 4 heterocycles. The number of thiophene rings is 1. The van der Waals surface area contributed by atoms with E-state index in [-0.39, 0.29) is 20.1 Å². The maximum atomic E-state index is 8.65. The van der Waals surface area contributed by atoms with Crippen LogP contribution in [0.1, 0.15) is 45.1 Å². The van der Waals surface area contributed by atoms with Crippen molar-refractivity contribution in [3.8, 4) is 22.5 Å². The summed E-state index contributed by atoms with van der Waals surface area (Å²) in [4.78, 5) is 10.2. The zero-order chi connectivity index (χ0) is 31.2. The van der Waals surface area contributed by atoms with Crippen LogP contribution in [0.2, 0.25) is 0 Å². The topological polar surface area (TPSA) is 38.9 Å². The number of aromatic nitrogens is 2. The van der Waals surface area contributed by atoms with Crippen LogP contribution in [-0.4, -0.2) is 9.97 Å². The second-order valence-electron chi connectivity index (χ2n) is 11.6. The Morgan fingerprint density at radius 2 is 1.63 bits per heavy atom. The first-order valence-corrected chi connectivity index (χ1v) is 14.9. The number of benzene rings is 3. The molecule has 0 aliphatic rings. The zero-order valence-electron chi connectivity index (χ0n) is 27.1. The van der Waals surface area contributed by atoms with E-state index in [1.807, 2.05) is 82.4 Å². The molecule has 3 aromatic carbocycles. The van der Waals surface area contributed by atoms with Gasteiger partial charge in [0.15, 0.2) is 0 Å². The SMILES string of the molecule is Cc1ccc(-c2[c-]cccc2)nc1.[2H]C([2H])(c1ccnc(-c2[c-]ccc3c2oc2c3ccc3c(C)c(C)sc32)c1)C(C)(C)C.[Ir]. The van der Waals surface area contributed by atoms with Gasteiger partial charge >= 0.3 is 0 Å². The van der Waals surface area contributed by atoms with Crippen LogP contribution in [-0.2, 0) is 26.5 Å². The van der Waals surface area contributed by atoms with E-state index in [9.17, 15) is 0 Å². The largest absolute Gasteiger partial charge is 0.499 e. The molecule has 1 radical (unpaired) electrons. The fraction of sp³-hybridized carbons (Fsp3) is 0.211. The number of pyridine rings is 2. The van der Waals surface area contributed by atoms with Gasteiger partial charge in [-0.05, 0) is 66.5 Å². The van der Waals surface area contributed by atoms with E-state index < -0.39 is 11.8 Å². The van der Waals surface area contributed by atoms with Crippen molar-refractivity contribution in [2.45, 2.75) is 47.9 Å². The summed E-state index contributed by atoms with van der Waals surface area (Å²) in [5.74, 6) is 0. The summed E-state index contributed by atoms with van der Waals surface area (Å²) in [6, 6.07) is 30.2. The Bertz CT molecular complexity index is 2110. The number of furan rings is 1. The molecule has 5 heteroatoms. The number of aryl methyl sites for hydroxylation is 3. The fourth-order valence-corrected chi connectivity index (χ4v) is 6.19. The van der Waals surface area contributed by atoms with Crippen LogP contribution < -0.4 is 0 Å². The summed E-state index contributed by atoms with van der Waals surface area (Å²) in [5.41, 5.74) is 7.65. The molecule has 0 amide bonds. The first kappa shape index (κ1) is 28.2.